The van der Waals surface area contributed by atoms with Gasteiger partial charge in [-0.25, -0.2) is 9.59 Å². The molecule has 3 aliphatic rings. The summed E-state index contributed by atoms with van der Waals surface area (Å²) in [6, 6.07) is 1.76. The fourth-order valence-electron chi connectivity index (χ4n) is 3.88. The number of ether oxygens (including phenoxy) is 2. The number of allylic oxidation sites excluding steroid dienone is 2. The number of hydrogen-bond acceptors (Lipinski definition) is 6. The lowest BCUT2D eigenvalue weighted by Crippen LogP contribution is -2.37. The third-order valence-corrected chi connectivity index (χ3v) is 6.09. The van der Waals surface area contributed by atoms with Crippen LogP contribution in [0.15, 0.2) is 17.8 Å². The quantitative estimate of drug-likeness (QED) is 0.719. The minimum absolute atomic E-state index is 0.170. The van der Waals surface area contributed by atoms with Gasteiger partial charge in [-0.05, 0) is 44.7 Å². The van der Waals surface area contributed by atoms with Crippen LogP contribution in [0.3, 0.4) is 0 Å². The van der Waals surface area contributed by atoms with Crippen LogP contribution in [0.4, 0.5) is 4.79 Å². The highest BCUT2D eigenvalue weighted by Gasteiger charge is 2.68. The Labute approximate surface area is 149 Å². The number of carbonyl (C=O) groups excluding carboxylic acids is 3. The molecule has 1 spiro atoms. The van der Waals surface area contributed by atoms with Crippen molar-refractivity contribution in [3.8, 4) is 0 Å². The molecular formula is C18H19NO5S. The number of rotatable bonds is 1. The van der Waals surface area contributed by atoms with Crippen molar-refractivity contribution >= 4 is 29.2 Å². The van der Waals surface area contributed by atoms with Crippen LogP contribution in [-0.2, 0) is 14.9 Å². The molecule has 2 atom stereocenters. The summed E-state index contributed by atoms with van der Waals surface area (Å²) in [7, 11) is 1.32. The Bertz CT molecular complexity index is 846. The molecule has 1 amide bonds. The monoisotopic (exact) mass is 361 g/mol. The summed E-state index contributed by atoms with van der Waals surface area (Å²) in [5.41, 5.74) is 0.639. The highest BCUT2D eigenvalue weighted by Crippen LogP contribution is 2.67. The van der Waals surface area contributed by atoms with E-state index in [4.69, 9.17) is 9.47 Å². The molecule has 0 N–H and O–H groups in total. The molecule has 1 aromatic rings. The molecule has 1 saturated carbocycles. The van der Waals surface area contributed by atoms with Crippen molar-refractivity contribution in [2.24, 2.45) is 5.92 Å². The molecule has 1 aliphatic heterocycles. The van der Waals surface area contributed by atoms with Gasteiger partial charge in [0.05, 0.1) is 12.0 Å². The van der Waals surface area contributed by atoms with Gasteiger partial charge in [0.2, 0.25) is 0 Å². The fourth-order valence-corrected chi connectivity index (χ4v) is 4.96. The zero-order valence-corrected chi connectivity index (χ0v) is 15.4. The maximum Gasteiger partial charge on any atom is 0.414 e. The van der Waals surface area contributed by atoms with Gasteiger partial charge in [0.15, 0.2) is 5.78 Å². The van der Waals surface area contributed by atoms with E-state index >= 15 is 0 Å². The first-order valence-electron chi connectivity index (χ1n) is 8.17. The summed E-state index contributed by atoms with van der Waals surface area (Å²) in [4.78, 5) is 39.5. The first-order valence-corrected chi connectivity index (χ1v) is 8.98. The molecule has 6 nitrogen and oxygen atoms in total. The topological polar surface area (TPSA) is 72.9 Å². The summed E-state index contributed by atoms with van der Waals surface area (Å²) in [5.74, 6) is -0.348. The number of amides is 1. The average Bonchev–Trinajstić information content (AvgIpc) is 2.90. The number of thiophene rings is 1. The molecule has 2 fully saturated rings. The van der Waals surface area contributed by atoms with Crippen molar-refractivity contribution in [3.63, 3.8) is 0 Å². The Kier molecular flexibility index (Phi) is 3.23. The van der Waals surface area contributed by atoms with E-state index < -0.39 is 17.7 Å². The summed E-state index contributed by atoms with van der Waals surface area (Å²) in [6.45, 7) is 5.99. The van der Waals surface area contributed by atoms with Gasteiger partial charge in [-0.3, -0.25) is 9.69 Å². The second kappa shape index (κ2) is 4.94. The van der Waals surface area contributed by atoms with Gasteiger partial charge in [0.1, 0.15) is 10.5 Å². The number of methoxy groups -OCH3 is 1. The van der Waals surface area contributed by atoms with Crippen LogP contribution < -0.4 is 0 Å². The molecule has 7 heteroatoms. The van der Waals surface area contributed by atoms with Gasteiger partial charge in [-0.2, -0.15) is 0 Å². The predicted molar refractivity (Wildman–Crippen MR) is 90.8 cm³/mol. The number of carbonyl (C=O) groups is 3. The van der Waals surface area contributed by atoms with Crippen molar-refractivity contribution in [2.45, 2.75) is 38.2 Å². The third kappa shape index (κ3) is 2.25. The van der Waals surface area contributed by atoms with E-state index in [9.17, 15) is 14.4 Å². The zero-order chi connectivity index (χ0) is 18.1. The van der Waals surface area contributed by atoms with Crippen LogP contribution in [0.2, 0.25) is 0 Å². The van der Waals surface area contributed by atoms with Crippen molar-refractivity contribution in [1.82, 2.24) is 4.90 Å². The number of ketones is 1. The lowest BCUT2D eigenvalue weighted by atomic mass is 9.86. The molecule has 0 aromatic carbocycles. The lowest BCUT2D eigenvalue weighted by Gasteiger charge is -2.30. The largest absolute Gasteiger partial charge is 0.465 e. The first-order chi connectivity index (χ1) is 11.7. The van der Waals surface area contributed by atoms with Crippen molar-refractivity contribution in [1.29, 1.82) is 0 Å². The highest BCUT2D eigenvalue weighted by atomic mass is 32.1. The fraction of sp³-hybridized carbons (Fsp3) is 0.500. The molecule has 1 aromatic heterocycles. The minimum Gasteiger partial charge on any atom is -0.465 e. The SMILES string of the molecule is COC(=O)c1cc2c(s1)C(=O)C=C1N(C(=O)OC(C)(C)C)C[C@H]3C[C@]123. The number of hydrogen-bond donors (Lipinski definition) is 0. The van der Waals surface area contributed by atoms with Crippen LogP contribution in [0.1, 0.15) is 52.1 Å². The Morgan fingerprint density at radius 3 is 2.72 bits per heavy atom. The summed E-state index contributed by atoms with van der Waals surface area (Å²) >= 11 is 1.17. The highest BCUT2D eigenvalue weighted by molar-refractivity contribution is 7.16. The van der Waals surface area contributed by atoms with Gasteiger partial charge in [-0.1, -0.05) is 0 Å². The van der Waals surface area contributed by atoms with Gasteiger partial charge < -0.3 is 9.47 Å². The Morgan fingerprint density at radius 1 is 1.36 bits per heavy atom. The van der Waals surface area contributed by atoms with Gasteiger partial charge >= 0.3 is 12.1 Å². The normalized spacial score (nSPS) is 26.4. The Balaban J connectivity index is 1.72. The van der Waals surface area contributed by atoms with Crippen LogP contribution in [0.25, 0.3) is 0 Å². The average molecular weight is 361 g/mol. The van der Waals surface area contributed by atoms with E-state index in [1.54, 1.807) is 11.0 Å². The molecule has 2 heterocycles. The van der Waals surface area contributed by atoms with Crippen LogP contribution in [0, 0.1) is 5.92 Å². The van der Waals surface area contributed by atoms with Crippen molar-refractivity contribution in [3.05, 3.63) is 33.2 Å². The lowest BCUT2D eigenvalue weighted by molar-refractivity contribution is 0.0322. The van der Waals surface area contributed by atoms with E-state index in [1.165, 1.54) is 24.5 Å². The smallest absolute Gasteiger partial charge is 0.414 e. The maximum absolute atomic E-state index is 12.6. The molecular weight excluding hydrogens is 342 g/mol. The van der Waals surface area contributed by atoms with E-state index in [1.807, 2.05) is 20.8 Å². The summed E-state index contributed by atoms with van der Waals surface area (Å²) < 4.78 is 10.3. The second-order valence-corrected chi connectivity index (χ2v) is 8.75. The molecule has 0 radical (unpaired) electrons. The van der Waals surface area contributed by atoms with Crippen LogP contribution in [0.5, 0.6) is 0 Å². The Hall–Kier alpha value is -2.15. The van der Waals surface area contributed by atoms with Gasteiger partial charge in [0, 0.05) is 23.7 Å². The third-order valence-electron chi connectivity index (χ3n) is 4.96. The molecule has 4 rings (SSSR count). The van der Waals surface area contributed by atoms with Crippen LogP contribution >= 0.6 is 11.3 Å². The Morgan fingerprint density at radius 2 is 2.08 bits per heavy atom. The number of likely N-dealkylation sites (tertiary alicyclic amines) is 1. The van der Waals surface area contributed by atoms with E-state index in [0.29, 0.717) is 22.0 Å². The summed E-state index contributed by atoms with van der Waals surface area (Å²) in [5, 5.41) is 0. The molecule has 25 heavy (non-hydrogen) atoms. The first kappa shape index (κ1) is 16.3. The minimum atomic E-state index is -0.595. The van der Waals surface area contributed by atoms with E-state index in [-0.39, 0.29) is 17.1 Å². The molecule has 2 aliphatic carbocycles. The molecule has 0 bridgehead atoms. The van der Waals surface area contributed by atoms with Gasteiger partial charge in [0.25, 0.3) is 0 Å². The van der Waals surface area contributed by atoms with Crippen molar-refractivity contribution in [2.75, 3.05) is 13.7 Å². The number of esters is 1. The summed E-state index contributed by atoms with van der Waals surface area (Å²) in [6.07, 6.45) is 2.00. The predicted octanol–water partition coefficient (Wildman–Crippen LogP) is 3.12. The number of piperidine rings is 1. The molecule has 0 unspecified atom stereocenters. The zero-order valence-electron chi connectivity index (χ0n) is 14.5. The van der Waals surface area contributed by atoms with Crippen molar-refractivity contribution < 1.29 is 23.9 Å². The number of fused-ring (bicyclic) bond motifs is 1. The van der Waals surface area contributed by atoms with Crippen LogP contribution in [-0.4, -0.2) is 42.0 Å². The van der Waals surface area contributed by atoms with E-state index in [2.05, 4.69) is 0 Å². The van der Waals surface area contributed by atoms with Gasteiger partial charge in [-0.15, -0.1) is 11.3 Å². The second-order valence-electron chi connectivity index (χ2n) is 7.70. The molecule has 1 saturated heterocycles. The number of nitrogens with zero attached hydrogens (tertiary/aromatic N) is 1. The molecule has 132 valence electrons. The van der Waals surface area contributed by atoms with E-state index in [0.717, 1.165) is 12.0 Å². The maximum atomic E-state index is 12.6. The standard InChI is InChI=1S/C18H19NO5S/c1-17(2,3)24-16(22)19-8-9-7-18(9)10-5-12(15(21)23-4)25-14(10)11(20)6-13(18)19/h5-6,9H,7-8H2,1-4H3/t9-,18-/m1/s1.